The van der Waals surface area contributed by atoms with Crippen LogP contribution in [0, 0.1) is 17.6 Å². The lowest BCUT2D eigenvalue weighted by molar-refractivity contribution is -0.136. The van der Waals surface area contributed by atoms with Gasteiger partial charge in [0.05, 0.1) is 25.4 Å². The molecule has 4 aromatic rings. The van der Waals surface area contributed by atoms with E-state index in [1.165, 1.54) is 50.7 Å². The number of pyridine rings is 2. The second-order valence-corrected chi connectivity index (χ2v) is 9.00. The molecule has 13 heteroatoms. The molecule has 2 aromatic carbocycles. The Morgan fingerprint density at radius 2 is 1.76 bits per heavy atom. The quantitative estimate of drug-likeness (QED) is 0.247. The van der Waals surface area contributed by atoms with Gasteiger partial charge in [-0.25, -0.2) is 23.1 Å². The van der Waals surface area contributed by atoms with Crippen LogP contribution >= 0.6 is 0 Å². The minimum atomic E-state index is -2.58. The van der Waals surface area contributed by atoms with Crippen LogP contribution in [0.2, 0.25) is 0 Å². The second kappa shape index (κ2) is 10.8. The fourth-order valence-corrected chi connectivity index (χ4v) is 4.19. The van der Waals surface area contributed by atoms with Gasteiger partial charge < -0.3 is 19.5 Å². The van der Waals surface area contributed by atoms with Gasteiger partial charge in [0.25, 0.3) is 5.88 Å². The highest BCUT2D eigenvalue weighted by Gasteiger charge is 2.49. The Morgan fingerprint density at radius 1 is 1.00 bits per heavy atom. The van der Waals surface area contributed by atoms with Gasteiger partial charge in [0.15, 0.2) is 29.0 Å². The number of anilines is 2. The van der Waals surface area contributed by atoms with Crippen molar-refractivity contribution in [3.63, 3.8) is 0 Å². The molecule has 3 heterocycles. The van der Waals surface area contributed by atoms with Crippen LogP contribution in [-0.2, 0) is 9.59 Å². The van der Waals surface area contributed by atoms with Gasteiger partial charge in [0.2, 0.25) is 17.6 Å². The number of carbonyl (C=O) groups is 2. The number of hydrogen-bond acceptors (Lipinski definition) is 8. The number of amides is 2. The van der Waals surface area contributed by atoms with E-state index in [1.54, 1.807) is 6.07 Å². The highest BCUT2D eigenvalue weighted by Crippen LogP contribution is 2.36. The van der Waals surface area contributed by atoms with Crippen molar-refractivity contribution in [2.24, 2.45) is 10.9 Å². The first-order valence-electron chi connectivity index (χ1n) is 12.1. The van der Waals surface area contributed by atoms with Crippen LogP contribution in [-0.4, -0.2) is 48.1 Å². The van der Waals surface area contributed by atoms with Gasteiger partial charge in [-0.3, -0.25) is 19.5 Å². The van der Waals surface area contributed by atoms with E-state index in [4.69, 9.17) is 14.2 Å². The first-order chi connectivity index (χ1) is 19.6. The number of nitrogens with one attached hydrogen (secondary N) is 1. The summed E-state index contributed by atoms with van der Waals surface area (Å²) in [5.74, 6) is -7.38. The van der Waals surface area contributed by atoms with E-state index in [9.17, 15) is 14.0 Å². The number of aromatic nitrogens is 2. The molecule has 5 rings (SSSR count). The highest BCUT2D eigenvalue weighted by molar-refractivity contribution is 6.20. The van der Waals surface area contributed by atoms with Crippen molar-refractivity contribution in [1.29, 1.82) is 0 Å². The van der Waals surface area contributed by atoms with Crippen LogP contribution in [0.25, 0.3) is 11.0 Å². The molecular formula is C28H22F3N5O5. The summed E-state index contributed by atoms with van der Waals surface area (Å²) in [6.45, 7) is 0.975. The Hall–Kier alpha value is -5.20. The molecule has 0 radical (unpaired) electrons. The van der Waals surface area contributed by atoms with Gasteiger partial charge in [-0.05, 0) is 43.3 Å². The predicted octanol–water partition coefficient (Wildman–Crippen LogP) is 5.03. The largest absolute Gasteiger partial charge is 0.491 e. The second-order valence-electron chi connectivity index (χ2n) is 9.00. The lowest BCUT2D eigenvalue weighted by atomic mass is 9.94. The van der Waals surface area contributed by atoms with Crippen molar-refractivity contribution in [2.45, 2.75) is 12.7 Å². The first-order valence-corrected chi connectivity index (χ1v) is 12.1. The summed E-state index contributed by atoms with van der Waals surface area (Å²) in [6, 6.07) is 11.4. The van der Waals surface area contributed by atoms with Crippen molar-refractivity contribution < 1.29 is 37.0 Å². The summed E-state index contributed by atoms with van der Waals surface area (Å²) in [6.07, 6.45) is 2.39. The molecule has 2 amide bonds. The number of halogens is 3. The van der Waals surface area contributed by atoms with Crippen LogP contribution in [0.1, 0.15) is 6.92 Å². The predicted molar refractivity (Wildman–Crippen MR) is 143 cm³/mol. The van der Waals surface area contributed by atoms with E-state index in [0.29, 0.717) is 11.3 Å². The normalized spacial score (nSPS) is 18.3. The Labute approximate surface area is 231 Å². The number of fused-ring (bicyclic) bond motifs is 1. The van der Waals surface area contributed by atoms with Crippen LogP contribution in [0.5, 0.6) is 23.1 Å². The maximum Gasteiger partial charge on any atom is 0.257 e. The Balaban J connectivity index is 1.36. The molecule has 1 aliphatic heterocycles. The molecular weight excluding hydrogens is 543 g/mol. The zero-order chi connectivity index (χ0) is 29.3. The molecule has 41 heavy (non-hydrogen) atoms. The first kappa shape index (κ1) is 27.4. The number of carbonyl (C=O) groups excluding carboxylic acids is 2. The summed E-state index contributed by atoms with van der Waals surface area (Å²) in [5.41, 5.74) is 0.824. The van der Waals surface area contributed by atoms with Crippen molar-refractivity contribution in [3.8, 4) is 23.1 Å². The fraction of sp³-hybridized carbons (Fsp3) is 0.179. The van der Waals surface area contributed by atoms with Gasteiger partial charge in [0.1, 0.15) is 17.7 Å². The zero-order valence-corrected chi connectivity index (χ0v) is 21.9. The standard InChI is InChI=1S/C28H22F3N5O5/c1-28(31)23(27(38)36(14-33-28)17-7-4-15(29)5-8-17)25(37)34-16-6-9-20(18(30)12-16)41-21-10-11-32-19-13-22(39-2)26(40-3)35-24(19)21/h4-14,23H,1-3H3,(H,34,37). The molecule has 1 aliphatic rings. The lowest BCUT2D eigenvalue weighted by Crippen LogP contribution is -2.53. The molecule has 2 aromatic heterocycles. The topological polar surface area (TPSA) is 115 Å². The van der Waals surface area contributed by atoms with Gasteiger partial charge in [-0.15, -0.1) is 0 Å². The summed E-state index contributed by atoms with van der Waals surface area (Å²) < 4.78 is 59.8. The SMILES string of the molecule is COc1cc2nccc(Oc3ccc(NC(=O)C4C(=O)N(c5ccc(F)cc5)C=NC4(C)F)cc3F)c2nc1OC. The number of aliphatic imine (C=N–C) groups is 1. The van der Waals surface area contributed by atoms with E-state index >= 15 is 8.78 Å². The summed E-state index contributed by atoms with van der Waals surface area (Å²) in [7, 11) is 2.87. The molecule has 0 bridgehead atoms. The van der Waals surface area contributed by atoms with Crippen LogP contribution < -0.4 is 24.4 Å². The van der Waals surface area contributed by atoms with Crippen LogP contribution in [0.4, 0.5) is 24.5 Å². The van der Waals surface area contributed by atoms with E-state index in [2.05, 4.69) is 20.3 Å². The third-order valence-electron chi connectivity index (χ3n) is 6.24. The molecule has 2 atom stereocenters. The average molecular weight is 566 g/mol. The fourth-order valence-electron chi connectivity index (χ4n) is 4.19. The third kappa shape index (κ3) is 5.33. The number of nitrogens with zero attached hydrogens (tertiary/aromatic N) is 4. The van der Waals surface area contributed by atoms with Gasteiger partial charge in [0, 0.05) is 30.1 Å². The summed E-state index contributed by atoms with van der Waals surface area (Å²) in [5, 5.41) is 2.36. The molecule has 1 N–H and O–H groups in total. The number of alkyl halides is 1. The lowest BCUT2D eigenvalue weighted by Gasteiger charge is -2.33. The molecule has 0 aliphatic carbocycles. The molecule has 0 saturated heterocycles. The van der Waals surface area contributed by atoms with Crippen molar-refractivity contribution in [2.75, 3.05) is 24.4 Å². The number of hydrogen-bond donors (Lipinski definition) is 1. The van der Waals surface area contributed by atoms with Gasteiger partial charge >= 0.3 is 0 Å². The Morgan fingerprint density at radius 3 is 2.44 bits per heavy atom. The smallest absolute Gasteiger partial charge is 0.257 e. The summed E-state index contributed by atoms with van der Waals surface area (Å²) >= 11 is 0. The maximum atomic E-state index is 15.2. The number of methoxy groups -OCH3 is 2. The summed E-state index contributed by atoms with van der Waals surface area (Å²) in [4.78, 5) is 39.3. The molecule has 10 nitrogen and oxygen atoms in total. The van der Waals surface area contributed by atoms with Gasteiger partial charge in [-0.2, -0.15) is 0 Å². The van der Waals surface area contributed by atoms with Crippen molar-refractivity contribution >= 4 is 40.6 Å². The Bertz CT molecular complexity index is 1680. The minimum Gasteiger partial charge on any atom is -0.491 e. The zero-order valence-electron chi connectivity index (χ0n) is 21.9. The minimum absolute atomic E-state index is 0.0598. The van der Waals surface area contributed by atoms with E-state index in [0.717, 1.165) is 36.4 Å². The monoisotopic (exact) mass is 565 g/mol. The number of ether oxygens (including phenoxy) is 3. The highest BCUT2D eigenvalue weighted by atomic mass is 19.1. The molecule has 0 saturated carbocycles. The van der Waals surface area contributed by atoms with Crippen molar-refractivity contribution in [1.82, 2.24) is 9.97 Å². The molecule has 2 unspecified atom stereocenters. The Kier molecular flexibility index (Phi) is 7.18. The molecule has 0 fully saturated rings. The van der Waals surface area contributed by atoms with E-state index in [1.807, 2.05) is 0 Å². The van der Waals surface area contributed by atoms with E-state index < -0.39 is 35.2 Å². The van der Waals surface area contributed by atoms with Crippen molar-refractivity contribution in [3.05, 3.63) is 72.4 Å². The molecule has 0 spiro atoms. The maximum absolute atomic E-state index is 15.2. The number of benzene rings is 2. The average Bonchev–Trinajstić information content (AvgIpc) is 2.94. The molecule has 210 valence electrons. The van der Waals surface area contributed by atoms with Crippen LogP contribution in [0.15, 0.2) is 65.8 Å². The van der Waals surface area contributed by atoms with Gasteiger partial charge in [-0.1, -0.05) is 0 Å². The van der Waals surface area contributed by atoms with E-state index in [-0.39, 0.29) is 34.3 Å². The van der Waals surface area contributed by atoms with Crippen LogP contribution in [0.3, 0.4) is 0 Å². The third-order valence-corrected chi connectivity index (χ3v) is 6.24. The number of rotatable bonds is 7.